The Morgan fingerprint density at radius 3 is 2.85 bits per heavy atom. The van der Waals surface area contributed by atoms with Crippen molar-refractivity contribution < 1.29 is 18.7 Å². The molecule has 9 nitrogen and oxygen atoms in total. The summed E-state index contributed by atoms with van der Waals surface area (Å²) < 4.78 is 22.3. The molecule has 3 heterocycles. The minimum atomic E-state index is -0.876. The number of halogens is 1. The third-order valence-corrected chi connectivity index (χ3v) is 6.82. The van der Waals surface area contributed by atoms with E-state index < -0.39 is 11.9 Å². The van der Waals surface area contributed by atoms with Crippen molar-refractivity contribution in [3.8, 4) is 16.8 Å². The number of piperidine rings is 1. The maximum atomic E-state index is 14.9. The molecule has 0 spiro atoms. The summed E-state index contributed by atoms with van der Waals surface area (Å²) in [5.74, 6) is 0.500. The van der Waals surface area contributed by atoms with Gasteiger partial charge in [-0.1, -0.05) is 26.3 Å². The van der Waals surface area contributed by atoms with Crippen molar-refractivity contribution >= 4 is 17.2 Å². The van der Waals surface area contributed by atoms with Crippen molar-refractivity contribution in [1.29, 1.82) is 0 Å². The average molecular weight is 465 g/mol. The zero-order chi connectivity index (χ0) is 23.8. The molecule has 1 aliphatic rings. The number of fused-ring (bicyclic) bond motifs is 1. The molecular weight excluding hydrogens is 439 g/mol. The summed E-state index contributed by atoms with van der Waals surface area (Å²) in [6.07, 6.45) is 2.76. The van der Waals surface area contributed by atoms with Gasteiger partial charge in [-0.15, -0.1) is 5.10 Å². The molecule has 10 heteroatoms. The molecule has 1 aliphatic heterocycles. The van der Waals surface area contributed by atoms with Crippen molar-refractivity contribution in [3.05, 3.63) is 54.4 Å². The number of aromatic nitrogens is 5. The molecule has 1 saturated heterocycles. The standard InChI is InChI=1S/C24H25FN6O3/c1-3-14(2)21-11-16(8-9-30(21)24(32)33)23-27-20-10-15(4-7-22(20)34-23)18-6-5-17(12-19(18)25)31-13-26-28-29-31/h4-7,10,12-14,16,21H,3,8-9,11H2,1-2H3,(H,32,33). The molecular formula is C24H25FN6O3. The molecule has 34 heavy (non-hydrogen) atoms. The summed E-state index contributed by atoms with van der Waals surface area (Å²) in [6, 6.07) is 10.2. The first-order chi connectivity index (χ1) is 16.4. The Kier molecular flexibility index (Phi) is 5.72. The van der Waals surface area contributed by atoms with E-state index in [1.165, 1.54) is 17.1 Å². The van der Waals surface area contributed by atoms with Crippen LogP contribution >= 0.6 is 0 Å². The van der Waals surface area contributed by atoms with E-state index in [0.717, 1.165) is 6.42 Å². The van der Waals surface area contributed by atoms with Crippen LogP contribution in [-0.4, -0.2) is 53.9 Å². The number of carboxylic acid groups (broad SMARTS) is 1. The van der Waals surface area contributed by atoms with Crippen LogP contribution in [0.3, 0.4) is 0 Å². The summed E-state index contributed by atoms with van der Waals surface area (Å²) in [5, 5.41) is 20.5. The lowest BCUT2D eigenvalue weighted by Crippen LogP contribution is -2.48. The average Bonchev–Trinajstić information content (AvgIpc) is 3.53. The fourth-order valence-electron chi connectivity index (χ4n) is 4.72. The number of likely N-dealkylation sites (tertiary alicyclic amines) is 1. The minimum absolute atomic E-state index is 0.0396. The summed E-state index contributed by atoms with van der Waals surface area (Å²) in [7, 11) is 0. The van der Waals surface area contributed by atoms with Gasteiger partial charge >= 0.3 is 6.09 Å². The number of oxazole rings is 1. The van der Waals surface area contributed by atoms with E-state index in [0.29, 0.717) is 53.2 Å². The topological polar surface area (TPSA) is 110 Å². The monoisotopic (exact) mass is 464 g/mol. The molecule has 3 atom stereocenters. The summed E-state index contributed by atoms with van der Waals surface area (Å²) in [4.78, 5) is 18.0. The van der Waals surface area contributed by atoms with E-state index in [1.807, 2.05) is 6.07 Å². The fourth-order valence-corrected chi connectivity index (χ4v) is 4.72. The molecule has 0 saturated carbocycles. The maximum Gasteiger partial charge on any atom is 0.407 e. The second kappa shape index (κ2) is 8.85. The molecule has 4 aromatic rings. The molecule has 5 rings (SSSR count). The van der Waals surface area contributed by atoms with Crippen LogP contribution in [0.2, 0.25) is 0 Å². The Morgan fingerprint density at radius 1 is 1.29 bits per heavy atom. The van der Waals surface area contributed by atoms with Gasteiger partial charge in [0.1, 0.15) is 17.7 Å². The van der Waals surface area contributed by atoms with Gasteiger partial charge in [0.2, 0.25) is 0 Å². The summed E-state index contributed by atoms with van der Waals surface area (Å²) in [5.41, 5.74) is 2.93. The van der Waals surface area contributed by atoms with Gasteiger partial charge < -0.3 is 14.4 Å². The van der Waals surface area contributed by atoms with Crippen LogP contribution in [-0.2, 0) is 0 Å². The van der Waals surface area contributed by atoms with Gasteiger partial charge in [-0.05, 0) is 59.0 Å². The van der Waals surface area contributed by atoms with Crippen molar-refractivity contribution in [3.63, 3.8) is 0 Å². The second-order valence-corrected chi connectivity index (χ2v) is 8.80. The number of rotatable bonds is 5. The van der Waals surface area contributed by atoms with E-state index in [4.69, 9.17) is 9.40 Å². The number of benzene rings is 2. The largest absolute Gasteiger partial charge is 0.465 e. The predicted octanol–water partition coefficient (Wildman–Crippen LogP) is 4.88. The molecule has 0 bridgehead atoms. The highest BCUT2D eigenvalue weighted by molar-refractivity contribution is 5.81. The molecule has 1 fully saturated rings. The predicted molar refractivity (Wildman–Crippen MR) is 122 cm³/mol. The zero-order valence-electron chi connectivity index (χ0n) is 18.9. The van der Waals surface area contributed by atoms with Gasteiger partial charge in [0.15, 0.2) is 11.5 Å². The lowest BCUT2D eigenvalue weighted by atomic mass is 9.84. The SMILES string of the molecule is CCC(C)C1CC(c2nc3cc(-c4ccc(-n5cnnn5)cc4F)ccc3o2)CCN1C(=O)O. The van der Waals surface area contributed by atoms with E-state index in [1.54, 1.807) is 29.2 Å². The van der Waals surface area contributed by atoms with Crippen LogP contribution in [0.1, 0.15) is 44.9 Å². The number of tetrazole rings is 1. The normalized spacial score (nSPS) is 19.4. The summed E-state index contributed by atoms with van der Waals surface area (Å²) >= 11 is 0. The molecule has 0 radical (unpaired) electrons. The lowest BCUT2D eigenvalue weighted by molar-refractivity contribution is 0.0750. The van der Waals surface area contributed by atoms with Crippen LogP contribution in [0.5, 0.6) is 0 Å². The first-order valence-electron chi connectivity index (χ1n) is 11.4. The van der Waals surface area contributed by atoms with Crippen molar-refractivity contribution in [1.82, 2.24) is 30.1 Å². The quantitative estimate of drug-likeness (QED) is 0.448. The highest BCUT2D eigenvalue weighted by atomic mass is 19.1. The van der Waals surface area contributed by atoms with Gasteiger partial charge in [-0.2, -0.15) is 0 Å². The molecule has 2 aromatic heterocycles. The number of hydrogen-bond acceptors (Lipinski definition) is 6. The Morgan fingerprint density at radius 2 is 2.15 bits per heavy atom. The highest BCUT2D eigenvalue weighted by Gasteiger charge is 2.36. The Bertz CT molecular complexity index is 1320. The van der Waals surface area contributed by atoms with Crippen molar-refractivity contribution in [2.75, 3.05) is 6.54 Å². The Hall–Kier alpha value is -3.82. The van der Waals surface area contributed by atoms with Crippen LogP contribution in [0.4, 0.5) is 9.18 Å². The van der Waals surface area contributed by atoms with Gasteiger partial charge in [0.05, 0.1) is 5.69 Å². The smallest absolute Gasteiger partial charge is 0.407 e. The molecule has 3 unspecified atom stereocenters. The van der Waals surface area contributed by atoms with Gasteiger partial charge in [-0.3, -0.25) is 0 Å². The molecule has 2 aromatic carbocycles. The van der Waals surface area contributed by atoms with Gasteiger partial charge in [0.25, 0.3) is 0 Å². The highest BCUT2D eigenvalue weighted by Crippen LogP contribution is 2.37. The molecule has 1 N–H and O–H groups in total. The third-order valence-electron chi connectivity index (χ3n) is 6.82. The minimum Gasteiger partial charge on any atom is -0.465 e. The van der Waals surface area contributed by atoms with Gasteiger partial charge in [0, 0.05) is 30.1 Å². The first-order valence-corrected chi connectivity index (χ1v) is 11.4. The Labute approximate surface area is 195 Å². The Balaban J connectivity index is 1.42. The van der Waals surface area contributed by atoms with Crippen molar-refractivity contribution in [2.24, 2.45) is 5.92 Å². The van der Waals surface area contributed by atoms with E-state index in [-0.39, 0.29) is 17.9 Å². The lowest BCUT2D eigenvalue weighted by Gasteiger charge is -2.39. The van der Waals surface area contributed by atoms with Crippen LogP contribution in [0, 0.1) is 11.7 Å². The molecule has 176 valence electrons. The molecule has 0 aliphatic carbocycles. The van der Waals surface area contributed by atoms with Gasteiger partial charge in [-0.25, -0.2) is 18.9 Å². The van der Waals surface area contributed by atoms with Crippen LogP contribution in [0.25, 0.3) is 27.9 Å². The number of nitrogens with zero attached hydrogens (tertiary/aromatic N) is 6. The zero-order valence-corrected chi connectivity index (χ0v) is 18.9. The summed E-state index contributed by atoms with van der Waals surface area (Å²) in [6.45, 7) is 4.61. The molecule has 1 amide bonds. The second-order valence-electron chi connectivity index (χ2n) is 8.80. The first kappa shape index (κ1) is 22.0. The third kappa shape index (κ3) is 4.00. The number of amides is 1. The van der Waals surface area contributed by atoms with Crippen LogP contribution < -0.4 is 0 Å². The van der Waals surface area contributed by atoms with E-state index in [9.17, 15) is 14.3 Å². The number of hydrogen-bond donors (Lipinski definition) is 1. The van der Waals surface area contributed by atoms with Crippen molar-refractivity contribution in [2.45, 2.75) is 45.1 Å². The maximum absolute atomic E-state index is 14.9. The van der Waals surface area contributed by atoms with Crippen LogP contribution in [0.15, 0.2) is 47.1 Å². The fraction of sp³-hybridized carbons (Fsp3) is 0.375. The van der Waals surface area contributed by atoms with E-state index >= 15 is 0 Å². The van der Waals surface area contributed by atoms with E-state index in [2.05, 4.69) is 29.4 Å². The number of carbonyl (C=O) groups is 1.